The smallest absolute Gasteiger partial charge is 0.317 e. The summed E-state index contributed by atoms with van der Waals surface area (Å²) in [6, 6.07) is 0.319. The van der Waals surface area contributed by atoms with Crippen LogP contribution in [0.5, 0.6) is 0 Å². The maximum absolute atomic E-state index is 12.5. The van der Waals surface area contributed by atoms with Gasteiger partial charge in [-0.05, 0) is 50.4 Å². The molecule has 124 valence electrons. The first-order valence-electron chi connectivity index (χ1n) is 8.62. The van der Waals surface area contributed by atoms with Crippen molar-refractivity contribution in [2.45, 2.75) is 78.4 Å². The largest absolute Gasteiger partial charge is 0.393 e. The van der Waals surface area contributed by atoms with Gasteiger partial charge in [0.1, 0.15) is 0 Å². The van der Waals surface area contributed by atoms with Gasteiger partial charge in [-0.25, -0.2) is 4.79 Å². The molecule has 0 aliphatic heterocycles. The molecule has 1 saturated carbocycles. The molecule has 4 heteroatoms. The molecule has 0 atom stereocenters. The minimum atomic E-state index is -0.170. The van der Waals surface area contributed by atoms with E-state index in [1.807, 2.05) is 4.90 Å². The molecule has 1 aliphatic rings. The molecule has 0 saturated heterocycles. The molecule has 0 spiro atoms. The van der Waals surface area contributed by atoms with Crippen LogP contribution in [0.25, 0.3) is 0 Å². The lowest BCUT2D eigenvalue weighted by atomic mass is 9.93. The minimum absolute atomic E-state index is 0.0812. The van der Waals surface area contributed by atoms with E-state index in [1.165, 1.54) is 0 Å². The number of amides is 2. The highest BCUT2D eigenvalue weighted by atomic mass is 16.3. The van der Waals surface area contributed by atoms with Crippen molar-refractivity contribution in [2.24, 2.45) is 11.8 Å². The van der Waals surface area contributed by atoms with Gasteiger partial charge >= 0.3 is 6.03 Å². The Hall–Kier alpha value is -0.770. The van der Waals surface area contributed by atoms with Crippen LogP contribution in [0.1, 0.15) is 66.2 Å². The molecule has 2 N–H and O–H groups in total. The highest BCUT2D eigenvalue weighted by Crippen LogP contribution is 2.18. The van der Waals surface area contributed by atoms with Crippen molar-refractivity contribution in [1.82, 2.24) is 10.2 Å². The summed E-state index contributed by atoms with van der Waals surface area (Å²) in [7, 11) is 0. The van der Waals surface area contributed by atoms with Crippen LogP contribution in [0.15, 0.2) is 0 Å². The van der Waals surface area contributed by atoms with Crippen molar-refractivity contribution in [3.05, 3.63) is 0 Å². The number of carbonyl (C=O) groups is 1. The zero-order valence-corrected chi connectivity index (χ0v) is 14.3. The second-order valence-electron chi connectivity index (χ2n) is 7.31. The highest BCUT2D eigenvalue weighted by molar-refractivity contribution is 5.74. The lowest BCUT2D eigenvalue weighted by Gasteiger charge is -2.30. The summed E-state index contributed by atoms with van der Waals surface area (Å²) in [6.07, 6.45) is 5.34. The van der Waals surface area contributed by atoms with Crippen molar-refractivity contribution in [3.63, 3.8) is 0 Å². The van der Waals surface area contributed by atoms with Gasteiger partial charge in [-0.15, -0.1) is 0 Å². The van der Waals surface area contributed by atoms with Crippen LogP contribution in [0, 0.1) is 11.8 Å². The van der Waals surface area contributed by atoms with Gasteiger partial charge in [-0.2, -0.15) is 0 Å². The molecular weight excluding hydrogens is 264 g/mol. The first-order valence-corrected chi connectivity index (χ1v) is 8.62. The maximum Gasteiger partial charge on any atom is 0.317 e. The topological polar surface area (TPSA) is 52.6 Å². The fourth-order valence-electron chi connectivity index (χ4n) is 2.63. The monoisotopic (exact) mass is 298 g/mol. The number of aliphatic hydroxyl groups excluding tert-OH is 1. The van der Waals surface area contributed by atoms with Gasteiger partial charge in [0.05, 0.1) is 6.10 Å². The van der Waals surface area contributed by atoms with Gasteiger partial charge < -0.3 is 15.3 Å². The molecule has 1 fully saturated rings. The lowest BCUT2D eigenvalue weighted by Crippen LogP contribution is -2.47. The zero-order chi connectivity index (χ0) is 15.8. The second-order valence-corrected chi connectivity index (χ2v) is 7.31. The quantitative estimate of drug-likeness (QED) is 0.757. The van der Waals surface area contributed by atoms with Crippen LogP contribution in [-0.4, -0.2) is 41.3 Å². The number of hydrogen-bond donors (Lipinski definition) is 2. The van der Waals surface area contributed by atoms with Crippen molar-refractivity contribution in [3.8, 4) is 0 Å². The van der Waals surface area contributed by atoms with E-state index in [-0.39, 0.29) is 18.2 Å². The summed E-state index contributed by atoms with van der Waals surface area (Å²) in [5.74, 6) is 1.23. The molecule has 1 aliphatic carbocycles. The van der Waals surface area contributed by atoms with Gasteiger partial charge in [-0.3, -0.25) is 0 Å². The van der Waals surface area contributed by atoms with Crippen LogP contribution >= 0.6 is 0 Å². The molecule has 0 heterocycles. The summed E-state index contributed by atoms with van der Waals surface area (Å²) in [4.78, 5) is 14.4. The molecule has 0 aromatic rings. The Balaban J connectivity index is 2.44. The second kappa shape index (κ2) is 9.29. The molecule has 0 unspecified atom stereocenters. The maximum atomic E-state index is 12.5. The van der Waals surface area contributed by atoms with Crippen LogP contribution < -0.4 is 5.32 Å². The van der Waals surface area contributed by atoms with E-state index in [4.69, 9.17) is 0 Å². The number of nitrogens with one attached hydrogen (secondary N) is 1. The molecule has 0 radical (unpaired) electrons. The van der Waals surface area contributed by atoms with E-state index in [0.29, 0.717) is 11.8 Å². The zero-order valence-electron chi connectivity index (χ0n) is 14.3. The molecule has 0 aromatic carbocycles. The average molecular weight is 298 g/mol. The van der Waals surface area contributed by atoms with Crippen molar-refractivity contribution in [1.29, 1.82) is 0 Å². The van der Waals surface area contributed by atoms with Crippen LogP contribution in [-0.2, 0) is 0 Å². The van der Waals surface area contributed by atoms with Gasteiger partial charge in [0.25, 0.3) is 0 Å². The number of rotatable bonds is 7. The summed E-state index contributed by atoms with van der Waals surface area (Å²) in [5.41, 5.74) is 0. The van der Waals surface area contributed by atoms with Crippen LogP contribution in [0.2, 0.25) is 0 Å². The fraction of sp³-hybridized carbons (Fsp3) is 0.941. The highest BCUT2D eigenvalue weighted by Gasteiger charge is 2.23. The number of aliphatic hydroxyl groups is 1. The third kappa shape index (κ3) is 7.70. The van der Waals surface area contributed by atoms with Gasteiger partial charge in [0.15, 0.2) is 0 Å². The Kier molecular flexibility index (Phi) is 8.09. The van der Waals surface area contributed by atoms with E-state index in [0.717, 1.165) is 51.6 Å². The molecule has 1 rings (SSSR count). The Morgan fingerprint density at radius 2 is 1.52 bits per heavy atom. The Bertz CT molecular complexity index is 285. The van der Waals surface area contributed by atoms with E-state index in [1.54, 1.807) is 0 Å². The lowest BCUT2D eigenvalue weighted by molar-refractivity contribution is 0.114. The van der Waals surface area contributed by atoms with E-state index in [9.17, 15) is 9.90 Å². The number of hydrogen-bond acceptors (Lipinski definition) is 2. The summed E-state index contributed by atoms with van der Waals surface area (Å²) < 4.78 is 0. The van der Waals surface area contributed by atoms with Gasteiger partial charge in [0.2, 0.25) is 0 Å². The Morgan fingerprint density at radius 1 is 1.05 bits per heavy atom. The van der Waals surface area contributed by atoms with Gasteiger partial charge in [0, 0.05) is 19.1 Å². The van der Waals surface area contributed by atoms with E-state index < -0.39 is 0 Å². The summed E-state index contributed by atoms with van der Waals surface area (Å²) >= 11 is 0. The normalized spacial score (nSPS) is 22.6. The van der Waals surface area contributed by atoms with Crippen molar-refractivity contribution < 1.29 is 9.90 Å². The molecule has 0 bridgehead atoms. The Morgan fingerprint density at radius 3 is 1.95 bits per heavy atom. The summed E-state index contributed by atoms with van der Waals surface area (Å²) in [5, 5.41) is 12.7. The van der Waals surface area contributed by atoms with E-state index in [2.05, 4.69) is 33.0 Å². The van der Waals surface area contributed by atoms with E-state index >= 15 is 0 Å². The fourth-order valence-corrected chi connectivity index (χ4v) is 2.63. The van der Waals surface area contributed by atoms with Crippen molar-refractivity contribution in [2.75, 3.05) is 13.1 Å². The van der Waals surface area contributed by atoms with Crippen LogP contribution in [0.3, 0.4) is 0 Å². The SMILES string of the molecule is CC(C)CCN(CCC(C)C)C(=O)NC1CCC(O)CC1. The van der Waals surface area contributed by atoms with Crippen LogP contribution in [0.4, 0.5) is 4.79 Å². The molecule has 0 aromatic heterocycles. The predicted octanol–water partition coefficient (Wildman–Crippen LogP) is 3.39. The first kappa shape index (κ1) is 18.3. The number of urea groups is 1. The molecular formula is C17H34N2O2. The summed E-state index contributed by atoms with van der Waals surface area (Å²) in [6.45, 7) is 10.5. The molecule has 4 nitrogen and oxygen atoms in total. The Labute approximate surface area is 130 Å². The predicted molar refractivity (Wildman–Crippen MR) is 87.3 cm³/mol. The average Bonchev–Trinajstić information content (AvgIpc) is 2.40. The third-order valence-electron chi connectivity index (χ3n) is 4.26. The molecule has 2 amide bonds. The van der Waals surface area contributed by atoms with Gasteiger partial charge in [-0.1, -0.05) is 27.7 Å². The standard InChI is InChI=1S/C17H34N2O2/c1-13(2)9-11-19(12-10-14(3)4)17(21)18-15-5-7-16(20)8-6-15/h13-16,20H,5-12H2,1-4H3,(H,18,21). The third-order valence-corrected chi connectivity index (χ3v) is 4.26. The number of nitrogens with zero attached hydrogens (tertiary/aromatic N) is 1. The minimum Gasteiger partial charge on any atom is -0.393 e. The number of carbonyl (C=O) groups excluding carboxylic acids is 1. The molecule has 21 heavy (non-hydrogen) atoms. The first-order chi connectivity index (χ1) is 9.88. The van der Waals surface area contributed by atoms with Crippen molar-refractivity contribution >= 4 is 6.03 Å².